The molecule has 0 saturated carbocycles. The fourth-order valence-corrected chi connectivity index (χ4v) is 2.74. The Morgan fingerprint density at radius 2 is 2.21 bits per heavy atom. The Labute approximate surface area is 113 Å². The Bertz CT molecular complexity index is 578. The fourth-order valence-electron chi connectivity index (χ4n) is 2.74. The molecule has 19 heavy (non-hydrogen) atoms. The third-order valence-electron chi connectivity index (χ3n) is 4.23. The monoisotopic (exact) mass is 259 g/mol. The molecule has 4 nitrogen and oxygen atoms in total. The van der Waals surface area contributed by atoms with Gasteiger partial charge in [0.2, 0.25) is 5.89 Å². The zero-order valence-corrected chi connectivity index (χ0v) is 11.6. The average Bonchev–Trinajstić information content (AvgIpc) is 2.75. The Hall–Kier alpha value is -1.55. The Morgan fingerprint density at radius 1 is 1.37 bits per heavy atom. The largest absolute Gasteiger partial charge is 0.439 e. The maximum atomic E-state index is 5.78. The van der Waals surface area contributed by atoms with Gasteiger partial charge in [0, 0.05) is 18.3 Å². The lowest BCUT2D eigenvalue weighted by atomic mass is 9.89. The van der Waals surface area contributed by atoms with Crippen molar-refractivity contribution in [3.63, 3.8) is 0 Å². The van der Waals surface area contributed by atoms with Crippen LogP contribution in [0.5, 0.6) is 0 Å². The highest BCUT2D eigenvalue weighted by molar-refractivity contribution is 5.76. The third kappa shape index (κ3) is 2.59. The van der Waals surface area contributed by atoms with Gasteiger partial charge in [-0.3, -0.25) is 4.90 Å². The van der Waals surface area contributed by atoms with Crippen molar-refractivity contribution in [3.8, 4) is 0 Å². The SMILES string of the molecule is CC1CCN(Cc2nc3ccc(N)cc3o2)CC1C. The van der Waals surface area contributed by atoms with Gasteiger partial charge in [-0.1, -0.05) is 13.8 Å². The molecule has 1 aromatic heterocycles. The van der Waals surface area contributed by atoms with E-state index in [4.69, 9.17) is 10.2 Å². The smallest absolute Gasteiger partial charge is 0.209 e. The molecule has 4 heteroatoms. The Balaban J connectivity index is 1.74. The van der Waals surface area contributed by atoms with E-state index in [1.807, 2.05) is 18.2 Å². The van der Waals surface area contributed by atoms with Crippen LogP contribution in [0.3, 0.4) is 0 Å². The molecule has 1 aliphatic rings. The molecule has 2 atom stereocenters. The van der Waals surface area contributed by atoms with Crippen LogP contribution in [-0.2, 0) is 6.54 Å². The molecule has 1 fully saturated rings. The molecular formula is C15H21N3O. The minimum atomic E-state index is 0.718. The van der Waals surface area contributed by atoms with E-state index in [0.717, 1.165) is 54.1 Å². The number of piperidine rings is 1. The molecule has 102 valence electrons. The molecule has 2 unspecified atom stereocenters. The van der Waals surface area contributed by atoms with Crippen molar-refractivity contribution in [2.75, 3.05) is 18.8 Å². The first-order valence-corrected chi connectivity index (χ1v) is 6.99. The van der Waals surface area contributed by atoms with Crippen LogP contribution in [0.2, 0.25) is 0 Å². The molecule has 0 aliphatic carbocycles. The van der Waals surface area contributed by atoms with Gasteiger partial charge in [-0.15, -0.1) is 0 Å². The Morgan fingerprint density at radius 3 is 3.00 bits per heavy atom. The second-order valence-corrected chi connectivity index (χ2v) is 5.81. The third-order valence-corrected chi connectivity index (χ3v) is 4.23. The van der Waals surface area contributed by atoms with E-state index in [2.05, 4.69) is 23.7 Å². The molecule has 0 radical (unpaired) electrons. The van der Waals surface area contributed by atoms with Gasteiger partial charge >= 0.3 is 0 Å². The summed E-state index contributed by atoms with van der Waals surface area (Å²) in [6, 6.07) is 5.62. The predicted octanol–water partition coefficient (Wildman–Crippen LogP) is 2.89. The molecule has 3 rings (SSSR count). The number of aromatic nitrogens is 1. The van der Waals surface area contributed by atoms with Gasteiger partial charge < -0.3 is 10.2 Å². The van der Waals surface area contributed by atoms with Crippen LogP contribution >= 0.6 is 0 Å². The zero-order valence-electron chi connectivity index (χ0n) is 11.6. The first-order chi connectivity index (χ1) is 9.11. The van der Waals surface area contributed by atoms with Crippen molar-refractivity contribution in [2.45, 2.75) is 26.8 Å². The van der Waals surface area contributed by atoms with Crippen LogP contribution in [0.4, 0.5) is 5.69 Å². The lowest BCUT2D eigenvalue weighted by Gasteiger charge is -2.34. The molecule has 2 heterocycles. The van der Waals surface area contributed by atoms with Crippen LogP contribution in [0.15, 0.2) is 22.6 Å². The molecule has 1 aromatic carbocycles. The quantitative estimate of drug-likeness (QED) is 0.843. The number of nitrogens with two attached hydrogens (primary N) is 1. The second kappa shape index (κ2) is 4.85. The Kier molecular flexibility index (Phi) is 3.19. The van der Waals surface area contributed by atoms with Gasteiger partial charge in [-0.2, -0.15) is 0 Å². The lowest BCUT2D eigenvalue weighted by molar-refractivity contribution is 0.123. The number of anilines is 1. The molecule has 1 aliphatic heterocycles. The van der Waals surface area contributed by atoms with E-state index in [0.29, 0.717) is 0 Å². The average molecular weight is 259 g/mol. The topological polar surface area (TPSA) is 55.3 Å². The van der Waals surface area contributed by atoms with Crippen molar-refractivity contribution in [1.29, 1.82) is 0 Å². The molecule has 2 N–H and O–H groups in total. The highest BCUT2D eigenvalue weighted by Crippen LogP contribution is 2.25. The van der Waals surface area contributed by atoms with E-state index in [1.54, 1.807) is 0 Å². The number of fused-ring (bicyclic) bond motifs is 1. The second-order valence-electron chi connectivity index (χ2n) is 5.81. The molecule has 1 saturated heterocycles. The van der Waals surface area contributed by atoms with Gasteiger partial charge in [0.1, 0.15) is 5.52 Å². The van der Waals surface area contributed by atoms with Gasteiger partial charge in [-0.05, 0) is 36.9 Å². The first kappa shape index (κ1) is 12.5. The van der Waals surface area contributed by atoms with E-state index < -0.39 is 0 Å². The van der Waals surface area contributed by atoms with Crippen molar-refractivity contribution in [3.05, 3.63) is 24.1 Å². The van der Waals surface area contributed by atoms with E-state index in [1.165, 1.54) is 6.42 Å². The van der Waals surface area contributed by atoms with E-state index in [-0.39, 0.29) is 0 Å². The minimum Gasteiger partial charge on any atom is -0.439 e. The van der Waals surface area contributed by atoms with Gasteiger partial charge in [-0.25, -0.2) is 4.98 Å². The van der Waals surface area contributed by atoms with Crippen LogP contribution in [0, 0.1) is 11.8 Å². The highest BCUT2D eigenvalue weighted by Gasteiger charge is 2.23. The number of rotatable bonds is 2. The molecular weight excluding hydrogens is 238 g/mol. The van der Waals surface area contributed by atoms with Gasteiger partial charge in [0.25, 0.3) is 0 Å². The van der Waals surface area contributed by atoms with Crippen LogP contribution in [0.25, 0.3) is 11.1 Å². The van der Waals surface area contributed by atoms with Crippen molar-refractivity contribution in [2.24, 2.45) is 11.8 Å². The zero-order chi connectivity index (χ0) is 13.4. The predicted molar refractivity (Wildman–Crippen MR) is 76.6 cm³/mol. The summed E-state index contributed by atoms with van der Waals surface area (Å²) < 4.78 is 5.78. The minimum absolute atomic E-state index is 0.718. The summed E-state index contributed by atoms with van der Waals surface area (Å²) in [5, 5.41) is 0. The molecule has 2 aromatic rings. The van der Waals surface area contributed by atoms with Crippen molar-refractivity contribution in [1.82, 2.24) is 9.88 Å². The number of nitrogen functional groups attached to an aromatic ring is 1. The number of nitrogens with zero attached hydrogens (tertiary/aromatic N) is 2. The van der Waals surface area contributed by atoms with E-state index >= 15 is 0 Å². The molecule has 0 bridgehead atoms. The summed E-state index contributed by atoms with van der Waals surface area (Å²) in [5.41, 5.74) is 8.15. The molecule has 0 spiro atoms. The van der Waals surface area contributed by atoms with Gasteiger partial charge in [0.05, 0.1) is 6.54 Å². The maximum Gasteiger partial charge on any atom is 0.209 e. The van der Waals surface area contributed by atoms with E-state index in [9.17, 15) is 0 Å². The van der Waals surface area contributed by atoms with Crippen LogP contribution in [-0.4, -0.2) is 23.0 Å². The highest BCUT2D eigenvalue weighted by atomic mass is 16.3. The summed E-state index contributed by atoms with van der Waals surface area (Å²) in [5.74, 6) is 2.36. The number of hydrogen-bond donors (Lipinski definition) is 1. The summed E-state index contributed by atoms with van der Waals surface area (Å²) in [6.45, 7) is 7.72. The summed E-state index contributed by atoms with van der Waals surface area (Å²) in [4.78, 5) is 6.96. The fraction of sp³-hybridized carbons (Fsp3) is 0.533. The number of oxazole rings is 1. The summed E-state index contributed by atoms with van der Waals surface area (Å²) in [6.07, 6.45) is 1.26. The van der Waals surface area contributed by atoms with Gasteiger partial charge in [0.15, 0.2) is 5.58 Å². The standard InChI is InChI=1S/C15H21N3O/c1-10-5-6-18(8-11(10)2)9-15-17-13-4-3-12(16)7-14(13)19-15/h3-4,7,10-11H,5-6,8-9,16H2,1-2H3. The normalized spacial score (nSPS) is 24.9. The lowest BCUT2D eigenvalue weighted by Crippen LogP contribution is -2.37. The van der Waals surface area contributed by atoms with Crippen LogP contribution in [0.1, 0.15) is 26.2 Å². The number of likely N-dealkylation sites (tertiary alicyclic amines) is 1. The van der Waals surface area contributed by atoms with Crippen LogP contribution < -0.4 is 5.73 Å². The maximum absolute atomic E-state index is 5.78. The summed E-state index contributed by atoms with van der Waals surface area (Å²) in [7, 11) is 0. The number of benzene rings is 1. The molecule has 0 amide bonds. The first-order valence-electron chi connectivity index (χ1n) is 6.99. The van der Waals surface area contributed by atoms with Crippen molar-refractivity contribution < 1.29 is 4.42 Å². The summed E-state index contributed by atoms with van der Waals surface area (Å²) >= 11 is 0. The number of hydrogen-bond acceptors (Lipinski definition) is 4. The van der Waals surface area contributed by atoms with Crippen molar-refractivity contribution >= 4 is 16.8 Å².